The fourth-order valence-corrected chi connectivity index (χ4v) is 2.99. The zero-order valence-corrected chi connectivity index (χ0v) is 12.3. The Hall–Kier alpha value is -1.40. The molecule has 20 heavy (non-hydrogen) atoms. The number of H-pyrrole nitrogens is 1. The van der Waals surface area contributed by atoms with E-state index in [1.54, 1.807) is 0 Å². The quantitative estimate of drug-likeness (QED) is 0.856. The highest BCUT2D eigenvalue weighted by Crippen LogP contribution is 2.19. The largest absolute Gasteiger partial charge is 0.334 e. The lowest BCUT2D eigenvalue weighted by Gasteiger charge is -2.47. The molecule has 0 atom stereocenters. The van der Waals surface area contributed by atoms with Crippen LogP contribution < -0.4 is 0 Å². The first-order valence-corrected chi connectivity index (χ1v) is 7.45. The Labute approximate surface area is 119 Å². The molecular weight excluding hydrogens is 254 g/mol. The van der Waals surface area contributed by atoms with Gasteiger partial charge in [0.15, 0.2) is 0 Å². The predicted octanol–water partition coefficient (Wildman–Crippen LogP) is 0.180. The molecule has 0 aliphatic carbocycles. The molecule has 2 saturated heterocycles. The fourth-order valence-electron chi connectivity index (χ4n) is 2.99. The molecule has 6 heteroatoms. The maximum atomic E-state index is 12.2. The van der Waals surface area contributed by atoms with Gasteiger partial charge in [0.2, 0.25) is 0 Å². The second kappa shape index (κ2) is 5.54. The minimum absolute atomic E-state index is 0.0535. The number of hydrogen-bond donors (Lipinski definition) is 1. The van der Waals surface area contributed by atoms with Gasteiger partial charge in [-0.15, -0.1) is 0 Å². The topological polar surface area (TPSA) is 55.5 Å². The van der Waals surface area contributed by atoms with E-state index in [9.17, 15) is 4.79 Å². The predicted molar refractivity (Wildman–Crippen MR) is 76.7 cm³/mol. The van der Waals surface area contributed by atoms with Crippen LogP contribution in [0.15, 0.2) is 6.07 Å². The summed E-state index contributed by atoms with van der Waals surface area (Å²) in [6, 6.07) is 2.35. The van der Waals surface area contributed by atoms with E-state index in [0.717, 1.165) is 51.5 Å². The molecule has 0 aromatic carbocycles. The smallest absolute Gasteiger partial charge is 0.274 e. The minimum atomic E-state index is 0.0535. The van der Waals surface area contributed by atoms with Crippen molar-refractivity contribution in [3.8, 4) is 0 Å². The number of hydrogen-bond acceptors (Lipinski definition) is 4. The van der Waals surface area contributed by atoms with Crippen molar-refractivity contribution in [2.24, 2.45) is 0 Å². The molecule has 0 spiro atoms. The average Bonchev–Trinajstić information content (AvgIpc) is 2.84. The average molecular weight is 277 g/mol. The molecule has 1 N–H and O–H groups in total. The van der Waals surface area contributed by atoms with Crippen LogP contribution in [0.25, 0.3) is 0 Å². The molecule has 2 aliphatic rings. The van der Waals surface area contributed by atoms with Gasteiger partial charge in [-0.2, -0.15) is 5.10 Å². The molecule has 2 fully saturated rings. The Morgan fingerprint density at radius 1 is 1.35 bits per heavy atom. The Bertz CT molecular complexity index is 472. The molecule has 1 aromatic rings. The summed E-state index contributed by atoms with van der Waals surface area (Å²) in [5, 5.41) is 6.87. The Kier molecular flexibility index (Phi) is 3.76. The summed E-state index contributed by atoms with van der Waals surface area (Å²) in [5.74, 6) is 0.0535. The second-order valence-electron chi connectivity index (χ2n) is 5.77. The van der Waals surface area contributed by atoms with Crippen molar-refractivity contribution in [1.29, 1.82) is 0 Å². The summed E-state index contributed by atoms with van der Waals surface area (Å²) in [5.41, 5.74) is 1.47. The van der Waals surface area contributed by atoms with Gasteiger partial charge in [0.25, 0.3) is 5.91 Å². The van der Waals surface area contributed by atoms with Crippen molar-refractivity contribution >= 4 is 5.91 Å². The van der Waals surface area contributed by atoms with Crippen molar-refractivity contribution in [3.05, 3.63) is 17.5 Å². The van der Waals surface area contributed by atoms with Gasteiger partial charge >= 0.3 is 0 Å². The first kappa shape index (κ1) is 13.6. The van der Waals surface area contributed by atoms with Gasteiger partial charge in [-0.05, 0) is 19.5 Å². The number of carbonyl (C=O) groups excluding carboxylic acids is 1. The molecule has 0 radical (unpaired) electrons. The summed E-state index contributed by atoms with van der Waals surface area (Å²) >= 11 is 0. The SMILES string of the molecule is CCN1CCN(C2CN(C(=O)c3cc(C)[nH]n3)C2)CC1. The molecule has 0 saturated carbocycles. The normalized spacial score (nSPS) is 22.0. The molecule has 1 amide bonds. The summed E-state index contributed by atoms with van der Waals surface area (Å²) in [4.78, 5) is 19.1. The van der Waals surface area contributed by atoms with Crippen LogP contribution in [0.4, 0.5) is 0 Å². The van der Waals surface area contributed by atoms with E-state index in [2.05, 4.69) is 26.9 Å². The van der Waals surface area contributed by atoms with Crippen LogP contribution in [-0.4, -0.2) is 82.7 Å². The number of aromatic nitrogens is 2. The summed E-state index contributed by atoms with van der Waals surface area (Å²) < 4.78 is 0. The van der Waals surface area contributed by atoms with E-state index < -0.39 is 0 Å². The monoisotopic (exact) mass is 277 g/mol. The number of carbonyl (C=O) groups is 1. The number of aromatic amines is 1. The van der Waals surface area contributed by atoms with Gasteiger partial charge in [-0.3, -0.25) is 14.8 Å². The lowest BCUT2D eigenvalue weighted by atomic mass is 10.1. The van der Waals surface area contributed by atoms with Gasteiger partial charge in [0.1, 0.15) is 5.69 Å². The highest BCUT2D eigenvalue weighted by atomic mass is 16.2. The maximum absolute atomic E-state index is 12.2. The number of rotatable bonds is 3. The third-order valence-corrected chi connectivity index (χ3v) is 4.45. The van der Waals surface area contributed by atoms with Crippen LogP contribution >= 0.6 is 0 Å². The molecule has 1 aromatic heterocycles. The molecule has 0 unspecified atom stereocenters. The fraction of sp³-hybridized carbons (Fsp3) is 0.714. The van der Waals surface area contributed by atoms with E-state index in [1.165, 1.54) is 0 Å². The zero-order valence-electron chi connectivity index (χ0n) is 12.3. The number of nitrogens with zero attached hydrogens (tertiary/aromatic N) is 4. The van der Waals surface area contributed by atoms with Crippen LogP contribution in [-0.2, 0) is 0 Å². The van der Waals surface area contributed by atoms with Crippen molar-refractivity contribution in [3.63, 3.8) is 0 Å². The van der Waals surface area contributed by atoms with Gasteiger partial charge in [0.05, 0.1) is 0 Å². The number of likely N-dealkylation sites (N-methyl/N-ethyl adjacent to an activating group) is 1. The Morgan fingerprint density at radius 3 is 2.60 bits per heavy atom. The molecule has 3 heterocycles. The standard InChI is InChI=1S/C14H23N5O/c1-3-17-4-6-18(7-5-17)12-9-19(10-12)14(20)13-8-11(2)15-16-13/h8,12H,3-7,9-10H2,1-2H3,(H,15,16). The van der Waals surface area contributed by atoms with Crippen molar-refractivity contribution < 1.29 is 4.79 Å². The first-order valence-electron chi connectivity index (χ1n) is 7.45. The maximum Gasteiger partial charge on any atom is 0.274 e. The van der Waals surface area contributed by atoms with E-state index in [0.29, 0.717) is 11.7 Å². The molecule has 6 nitrogen and oxygen atoms in total. The molecule has 2 aliphatic heterocycles. The number of likely N-dealkylation sites (tertiary alicyclic amines) is 1. The van der Waals surface area contributed by atoms with Crippen LogP contribution in [0.3, 0.4) is 0 Å². The highest BCUT2D eigenvalue weighted by Gasteiger charge is 2.36. The van der Waals surface area contributed by atoms with Gasteiger partial charge in [-0.25, -0.2) is 0 Å². The molecule has 110 valence electrons. The number of nitrogens with one attached hydrogen (secondary N) is 1. The van der Waals surface area contributed by atoms with E-state index in [4.69, 9.17) is 0 Å². The number of amides is 1. The van der Waals surface area contributed by atoms with Crippen molar-refractivity contribution in [2.75, 3.05) is 45.8 Å². The van der Waals surface area contributed by atoms with Crippen LogP contribution in [0.2, 0.25) is 0 Å². The lowest BCUT2D eigenvalue weighted by molar-refractivity contribution is 0.00807. The third kappa shape index (κ3) is 2.58. The van der Waals surface area contributed by atoms with Crippen LogP contribution in [0, 0.1) is 6.92 Å². The first-order chi connectivity index (χ1) is 9.67. The molecule has 0 bridgehead atoms. The molecule has 3 rings (SSSR count). The van der Waals surface area contributed by atoms with Crippen molar-refractivity contribution in [1.82, 2.24) is 24.9 Å². The summed E-state index contributed by atoms with van der Waals surface area (Å²) in [6.07, 6.45) is 0. The highest BCUT2D eigenvalue weighted by molar-refractivity contribution is 5.93. The van der Waals surface area contributed by atoms with Gasteiger partial charge in [-0.1, -0.05) is 6.92 Å². The van der Waals surface area contributed by atoms with Gasteiger partial charge in [0, 0.05) is 51.0 Å². The Morgan fingerprint density at radius 2 is 2.05 bits per heavy atom. The Balaban J connectivity index is 1.48. The number of piperazine rings is 1. The zero-order chi connectivity index (χ0) is 14.1. The van der Waals surface area contributed by atoms with Crippen LogP contribution in [0.5, 0.6) is 0 Å². The lowest BCUT2D eigenvalue weighted by Crippen LogP contribution is -2.64. The van der Waals surface area contributed by atoms with Crippen LogP contribution in [0.1, 0.15) is 23.1 Å². The van der Waals surface area contributed by atoms with Gasteiger partial charge < -0.3 is 9.80 Å². The van der Waals surface area contributed by atoms with E-state index in [1.807, 2.05) is 17.9 Å². The van der Waals surface area contributed by atoms with Crippen molar-refractivity contribution in [2.45, 2.75) is 19.9 Å². The van der Waals surface area contributed by atoms with E-state index >= 15 is 0 Å². The minimum Gasteiger partial charge on any atom is -0.334 e. The summed E-state index contributed by atoms with van der Waals surface area (Å²) in [7, 11) is 0. The summed E-state index contributed by atoms with van der Waals surface area (Å²) in [6.45, 7) is 11.5. The van der Waals surface area contributed by atoms with E-state index in [-0.39, 0.29) is 5.91 Å². The second-order valence-corrected chi connectivity index (χ2v) is 5.77. The number of aryl methyl sites for hydroxylation is 1. The molecular formula is C14H23N5O. The third-order valence-electron chi connectivity index (χ3n) is 4.45.